The molecule has 0 radical (unpaired) electrons. The number of alkyl halides is 3. The Morgan fingerprint density at radius 1 is 1.21 bits per heavy atom. The maximum Gasteiger partial charge on any atom is 0.418 e. The van der Waals surface area contributed by atoms with Crippen LogP contribution in [0.15, 0.2) is 30.6 Å². The number of benzene rings is 1. The molecule has 19 heavy (non-hydrogen) atoms. The molecule has 0 unspecified atom stereocenters. The predicted molar refractivity (Wildman–Crippen MR) is 60.5 cm³/mol. The Hall–Kier alpha value is -2.58. The molecule has 1 aromatic carbocycles. The molecule has 2 aromatic rings. The van der Waals surface area contributed by atoms with Crippen LogP contribution in [0, 0.1) is 0 Å². The quantitative estimate of drug-likeness (QED) is 0.784. The number of H-pyrrole nitrogens is 1. The number of para-hydroxylation sites is 1. The highest BCUT2D eigenvalue weighted by Gasteiger charge is 2.33. The lowest BCUT2D eigenvalue weighted by Crippen LogP contribution is -2.22. The number of anilines is 2. The van der Waals surface area contributed by atoms with E-state index in [1.165, 1.54) is 12.1 Å². The third-order valence-electron chi connectivity index (χ3n) is 2.13. The Morgan fingerprint density at radius 2 is 1.95 bits per heavy atom. The molecule has 1 heterocycles. The van der Waals surface area contributed by atoms with Crippen molar-refractivity contribution in [3.05, 3.63) is 36.2 Å². The first-order valence-electron chi connectivity index (χ1n) is 5.06. The summed E-state index contributed by atoms with van der Waals surface area (Å²) in [6.07, 6.45) is -3.39. The Kier molecular flexibility index (Phi) is 3.36. The van der Waals surface area contributed by atoms with Crippen molar-refractivity contribution < 1.29 is 18.0 Å². The van der Waals surface area contributed by atoms with Gasteiger partial charge in [-0.1, -0.05) is 12.1 Å². The fraction of sp³-hybridized carbons (Fsp3) is 0.100. The minimum atomic E-state index is -4.55. The zero-order valence-corrected chi connectivity index (χ0v) is 9.32. The second-order valence-corrected chi connectivity index (χ2v) is 3.46. The van der Waals surface area contributed by atoms with Gasteiger partial charge in [0.25, 0.3) is 0 Å². The number of rotatable bonds is 2. The van der Waals surface area contributed by atoms with Gasteiger partial charge < -0.3 is 5.32 Å². The molecular weight excluding hydrogens is 263 g/mol. The van der Waals surface area contributed by atoms with E-state index in [1.807, 2.05) is 0 Å². The molecule has 2 rings (SSSR count). The molecule has 6 nitrogen and oxygen atoms in total. The Labute approximate surface area is 105 Å². The SMILES string of the molecule is O=C(Nc1ncn[nH]1)Nc1ccccc1C(F)(F)F. The Bertz CT molecular complexity index is 567. The van der Waals surface area contributed by atoms with Gasteiger partial charge in [0.1, 0.15) is 6.33 Å². The summed E-state index contributed by atoms with van der Waals surface area (Å²) in [6.45, 7) is 0. The van der Waals surface area contributed by atoms with Crippen LogP contribution in [0.1, 0.15) is 5.56 Å². The van der Waals surface area contributed by atoms with Crippen LogP contribution in [-0.2, 0) is 6.18 Å². The van der Waals surface area contributed by atoms with Gasteiger partial charge in [0.2, 0.25) is 5.95 Å². The van der Waals surface area contributed by atoms with Crippen LogP contribution in [0.4, 0.5) is 29.6 Å². The van der Waals surface area contributed by atoms with Crippen molar-refractivity contribution in [3.63, 3.8) is 0 Å². The van der Waals surface area contributed by atoms with E-state index in [2.05, 4.69) is 25.8 Å². The lowest BCUT2D eigenvalue weighted by molar-refractivity contribution is -0.136. The number of nitrogens with zero attached hydrogens (tertiary/aromatic N) is 2. The number of carbonyl (C=O) groups is 1. The highest BCUT2D eigenvalue weighted by Crippen LogP contribution is 2.34. The second-order valence-electron chi connectivity index (χ2n) is 3.46. The van der Waals surface area contributed by atoms with Gasteiger partial charge in [-0.15, -0.1) is 0 Å². The molecule has 0 saturated heterocycles. The van der Waals surface area contributed by atoms with Crippen molar-refractivity contribution in [3.8, 4) is 0 Å². The topological polar surface area (TPSA) is 82.7 Å². The van der Waals surface area contributed by atoms with E-state index in [9.17, 15) is 18.0 Å². The normalized spacial score (nSPS) is 11.1. The zero-order valence-electron chi connectivity index (χ0n) is 9.32. The average molecular weight is 271 g/mol. The first kappa shape index (κ1) is 12.9. The van der Waals surface area contributed by atoms with Crippen LogP contribution >= 0.6 is 0 Å². The van der Waals surface area contributed by atoms with Crippen molar-refractivity contribution in [1.29, 1.82) is 0 Å². The van der Waals surface area contributed by atoms with Crippen LogP contribution in [0.5, 0.6) is 0 Å². The molecule has 0 saturated carbocycles. The van der Waals surface area contributed by atoms with Crippen LogP contribution in [0.25, 0.3) is 0 Å². The Morgan fingerprint density at radius 3 is 2.58 bits per heavy atom. The largest absolute Gasteiger partial charge is 0.418 e. The number of amides is 2. The van der Waals surface area contributed by atoms with E-state index in [0.29, 0.717) is 0 Å². The third-order valence-corrected chi connectivity index (χ3v) is 2.13. The molecule has 0 aliphatic heterocycles. The molecule has 100 valence electrons. The number of hydrogen-bond acceptors (Lipinski definition) is 3. The van der Waals surface area contributed by atoms with Crippen molar-refractivity contribution in [2.24, 2.45) is 0 Å². The van der Waals surface area contributed by atoms with E-state index >= 15 is 0 Å². The minimum Gasteiger partial charge on any atom is -0.307 e. The predicted octanol–water partition coefficient (Wildman–Crippen LogP) is 2.47. The van der Waals surface area contributed by atoms with Crippen LogP contribution in [-0.4, -0.2) is 21.2 Å². The molecule has 2 amide bonds. The van der Waals surface area contributed by atoms with E-state index in [0.717, 1.165) is 18.5 Å². The molecule has 1 aromatic heterocycles. The standard InChI is InChI=1S/C10H8F3N5O/c11-10(12,13)6-3-1-2-4-7(6)16-9(19)17-8-14-5-15-18-8/h1-5H,(H3,14,15,16,17,18,19). The van der Waals surface area contributed by atoms with Crippen molar-refractivity contribution in [1.82, 2.24) is 15.2 Å². The van der Waals surface area contributed by atoms with Gasteiger partial charge in [-0.2, -0.15) is 23.3 Å². The number of hydrogen-bond donors (Lipinski definition) is 3. The lowest BCUT2D eigenvalue weighted by atomic mass is 10.1. The molecule has 3 N–H and O–H groups in total. The minimum absolute atomic E-state index is 0.0296. The van der Waals surface area contributed by atoms with Crippen LogP contribution in [0.2, 0.25) is 0 Å². The average Bonchev–Trinajstić information content (AvgIpc) is 2.81. The highest BCUT2D eigenvalue weighted by molar-refractivity contribution is 5.99. The smallest absolute Gasteiger partial charge is 0.307 e. The fourth-order valence-electron chi connectivity index (χ4n) is 1.37. The number of aromatic amines is 1. The van der Waals surface area contributed by atoms with Crippen molar-refractivity contribution in [2.75, 3.05) is 10.6 Å². The second kappa shape index (κ2) is 4.96. The number of nitrogens with one attached hydrogen (secondary N) is 3. The Balaban J connectivity index is 2.13. The number of carbonyl (C=O) groups excluding carboxylic acids is 1. The fourth-order valence-corrected chi connectivity index (χ4v) is 1.37. The van der Waals surface area contributed by atoms with Crippen molar-refractivity contribution >= 4 is 17.7 Å². The summed E-state index contributed by atoms with van der Waals surface area (Å²) in [5.41, 5.74) is -1.27. The summed E-state index contributed by atoms with van der Waals surface area (Å²) in [7, 11) is 0. The summed E-state index contributed by atoms with van der Waals surface area (Å²) in [5, 5.41) is 10.1. The number of halogens is 3. The number of aromatic nitrogens is 3. The first-order valence-corrected chi connectivity index (χ1v) is 5.06. The summed E-state index contributed by atoms with van der Waals surface area (Å²) >= 11 is 0. The summed E-state index contributed by atoms with van der Waals surface area (Å²) < 4.78 is 38.0. The highest BCUT2D eigenvalue weighted by atomic mass is 19.4. The lowest BCUT2D eigenvalue weighted by Gasteiger charge is -2.13. The third kappa shape index (κ3) is 3.21. The van der Waals surface area contributed by atoms with Gasteiger partial charge in [0, 0.05) is 0 Å². The van der Waals surface area contributed by atoms with Gasteiger partial charge in [-0.3, -0.25) is 5.32 Å². The number of urea groups is 1. The van der Waals surface area contributed by atoms with Crippen molar-refractivity contribution in [2.45, 2.75) is 6.18 Å². The van der Waals surface area contributed by atoms with Gasteiger partial charge in [-0.25, -0.2) is 9.89 Å². The summed E-state index contributed by atoms with van der Waals surface area (Å²) in [6, 6.07) is 3.81. The van der Waals surface area contributed by atoms with Crippen LogP contribution in [0.3, 0.4) is 0 Å². The van der Waals surface area contributed by atoms with Crippen LogP contribution < -0.4 is 10.6 Å². The molecule has 0 fully saturated rings. The van der Waals surface area contributed by atoms with E-state index < -0.39 is 17.8 Å². The zero-order chi connectivity index (χ0) is 13.9. The summed E-state index contributed by atoms with van der Waals surface area (Å²) in [5.74, 6) is 0.0296. The maximum atomic E-state index is 12.7. The molecule has 0 aliphatic carbocycles. The van der Waals surface area contributed by atoms with Gasteiger partial charge in [0.15, 0.2) is 0 Å². The maximum absolute atomic E-state index is 12.7. The van der Waals surface area contributed by atoms with Gasteiger partial charge >= 0.3 is 12.2 Å². The van der Waals surface area contributed by atoms with E-state index in [-0.39, 0.29) is 11.6 Å². The van der Waals surface area contributed by atoms with E-state index in [1.54, 1.807) is 0 Å². The molecule has 0 spiro atoms. The molecular formula is C10H8F3N5O. The van der Waals surface area contributed by atoms with Gasteiger partial charge in [-0.05, 0) is 12.1 Å². The molecule has 9 heteroatoms. The van der Waals surface area contributed by atoms with Gasteiger partial charge in [0.05, 0.1) is 11.3 Å². The monoisotopic (exact) mass is 271 g/mol. The summed E-state index contributed by atoms with van der Waals surface area (Å²) in [4.78, 5) is 15.1. The van der Waals surface area contributed by atoms with E-state index in [4.69, 9.17) is 0 Å². The molecule has 0 bridgehead atoms. The first-order chi connectivity index (χ1) is 8.97. The molecule has 0 atom stereocenters. The molecule has 0 aliphatic rings.